The van der Waals surface area contributed by atoms with Crippen LogP contribution in [0.2, 0.25) is 0 Å². The predicted octanol–water partition coefficient (Wildman–Crippen LogP) is 3.27. The Morgan fingerprint density at radius 2 is 1.78 bits per heavy atom. The lowest BCUT2D eigenvalue weighted by Crippen LogP contribution is -2.44. The first-order chi connectivity index (χ1) is 17.5. The van der Waals surface area contributed by atoms with Crippen molar-refractivity contribution < 1.29 is 13.2 Å². The Balaban J connectivity index is 1.65. The highest BCUT2D eigenvalue weighted by molar-refractivity contribution is 7.90. The number of imidazole rings is 1. The average molecular weight is 504 g/mol. The third-order valence-electron chi connectivity index (χ3n) is 6.40. The van der Waals surface area contributed by atoms with Crippen LogP contribution in [0, 0.1) is 0 Å². The van der Waals surface area contributed by atoms with Gasteiger partial charge in [-0.1, -0.05) is 30.3 Å². The van der Waals surface area contributed by atoms with Crippen molar-refractivity contribution in [3.05, 3.63) is 66.9 Å². The summed E-state index contributed by atoms with van der Waals surface area (Å²) in [5.74, 6) is 1.55. The molecule has 0 aliphatic carbocycles. The number of rotatable bonds is 5. The molecule has 1 fully saturated rings. The lowest BCUT2D eigenvalue weighted by atomic mass is 10.2. The molecule has 184 valence electrons. The highest BCUT2D eigenvalue weighted by Gasteiger charge is 2.28. The van der Waals surface area contributed by atoms with Gasteiger partial charge in [0.1, 0.15) is 5.82 Å². The van der Waals surface area contributed by atoms with Gasteiger partial charge in [-0.15, -0.1) is 0 Å². The van der Waals surface area contributed by atoms with Crippen LogP contribution in [0.15, 0.2) is 71.8 Å². The van der Waals surface area contributed by atoms with Gasteiger partial charge >= 0.3 is 0 Å². The van der Waals surface area contributed by atoms with E-state index in [2.05, 4.69) is 22.1 Å². The van der Waals surface area contributed by atoms with E-state index in [1.807, 2.05) is 28.8 Å². The van der Waals surface area contributed by atoms with Gasteiger partial charge in [-0.2, -0.15) is 9.97 Å². The van der Waals surface area contributed by atoms with Crippen LogP contribution in [0.3, 0.4) is 0 Å². The van der Waals surface area contributed by atoms with Crippen LogP contribution in [0.5, 0.6) is 0 Å². The maximum atomic E-state index is 13.6. The number of nitrogens with zero attached hydrogens (tertiary/aromatic N) is 6. The summed E-state index contributed by atoms with van der Waals surface area (Å²) in [6.07, 6.45) is 1.55. The monoisotopic (exact) mass is 503 g/mol. The Labute approximate surface area is 208 Å². The molecule has 6 rings (SSSR count). The number of benzene rings is 2. The normalized spacial score (nSPS) is 16.6. The van der Waals surface area contributed by atoms with E-state index in [4.69, 9.17) is 14.7 Å². The summed E-state index contributed by atoms with van der Waals surface area (Å²) in [6, 6.07) is 17.9. The molecule has 3 aromatic heterocycles. The standard InChI is InChI=1S/C25H25N7O3S/c1-17-16-35-15-14-30(17)22-19-12-13-31(36(33,34)18-8-4-3-5-9-18)23(19)29-25(28-22)32-21-11-7-6-10-20(21)27-24(32)26-2/h3-13,17H,14-16H2,1-2H3,(H,26,27)/t17-/m1/s1. The molecule has 1 atom stereocenters. The van der Waals surface area contributed by atoms with Gasteiger partial charge in [0.25, 0.3) is 10.0 Å². The van der Waals surface area contributed by atoms with Gasteiger partial charge in [0.15, 0.2) is 5.65 Å². The Hall–Kier alpha value is -3.96. The van der Waals surface area contributed by atoms with Crippen molar-refractivity contribution in [1.82, 2.24) is 23.5 Å². The third kappa shape index (κ3) is 3.50. The number of para-hydroxylation sites is 2. The van der Waals surface area contributed by atoms with E-state index < -0.39 is 10.0 Å². The lowest BCUT2D eigenvalue weighted by molar-refractivity contribution is 0.0987. The van der Waals surface area contributed by atoms with Crippen molar-refractivity contribution in [3.8, 4) is 5.95 Å². The van der Waals surface area contributed by atoms with E-state index in [9.17, 15) is 8.42 Å². The molecule has 0 radical (unpaired) electrons. The van der Waals surface area contributed by atoms with E-state index >= 15 is 0 Å². The summed E-state index contributed by atoms with van der Waals surface area (Å²) in [7, 11) is -2.10. The average Bonchev–Trinajstić information content (AvgIpc) is 3.51. The van der Waals surface area contributed by atoms with Crippen LogP contribution in [0.1, 0.15) is 6.92 Å². The summed E-state index contributed by atoms with van der Waals surface area (Å²) < 4.78 is 36.0. The maximum Gasteiger partial charge on any atom is 0.269 e. The first kappa shape index (κ1) is 22.5. The number of nitrogens with one attached hydrogen (secondary N) is 1. The zero-order valence-corrected chi connectivity index (χ0v) is 20.7. The van der Waals surface area contributed by atoms with Crippen LogP contribution in [-0.4, -0.2) is 64.8 Å². The first-order valence-corrected chi connectivity index (χ1v) is 13.1. The molecule has 5 aromatic rings. The molecule has 10 nitrogen and oxygen atoms in total. The van der Waals surface area contributed by atoms with Crippen LogP contribution >= 0.6 is 0 Å². The minimum atomic E-state index is -3.88. The Morgan fingerprint density at radius 3 is 2.56 bits per heavy atom. The van der Waals surface area contributed by atoms with Crippen molar-refractivity contribution in [2.45, 2.75) is 17.9 Å². The number of aromatic nitrogens is 5. The summed E-state index contributed by atoms with van der Waals surface area (Å²) in [6.45, 7) is 3.81. The molecule has 0 unspecified atom stereocenters. The van der Waals surface area contributed by atoms with Crippen molar-refractivity contribution in [3.63, 3.8) is 0 Å². The minimum Gasteiger partial charge on any atom is -0.377 e. The molecule has 1 N–H and O–H groups in total. The summed E-state index contributed by atoms with van der Waals surface area (Å²) in [5, 5.41) is 3.77. The molecular weight excluding hydrogens is 478 g/mol. The molecule has 11 heteroatoms. The number of anilines is 2. The summed E-state index contributed by atoms with van der Waals surface area (Å²) >= 11 is 0. The molecule has 0 bridgehead atoms. The van der Waals surface area contributed by atoms with Crippen molar-refractivity contribution in [1.29, 1.82) is 0 Å². The highest BCUT2D eigenvalue weighted by Crippen LogP contribution is 2.32. The number of morpholine rings is 1. The minimum absolute atomic E-state index is 0.0575. The van der Waals surface area contributed by atoms with E-state index in [0.29, 0.717) is 48.5 Å². The van der Waals surface area contributed by atoms with E-state index in [1.165, 1.54) is 3.97 Å². The predicted molar refractivity (Wildman–Crippen MR) is 138 cm³/mol. The highest BCUT2D eigenvalue weighted by atomic mass is 32.2. The molecule has 2 aromatic carbocycles. The second kappa shape index (κ2) is 8.61. The topological polar surface area (TPSA) is 107 Å². The molecule has 0 saturated carbocycles. The van der Waals surface area contributed by atoms with Crippen molar-refractivity contribution >= 4 is 43.9 Å². The van der Waals surface area contributed by atoms with E-state index in [0.717, 1.165) is 11.0 Å². The van der Waals surface area contributed by atoms with Gasteiger partial charge in [-0.05, 0) is 37.3 Å². The Bertz CT molecular complexity index is 1680. The zero-order chi connectivity index (χ0) is 24.9. The van der Waals surface area contributed by atoms with Crippen LogP contribution in [0.25, 0.3) is 28.0 Å². The number of hydrogen-bond acceptors (Lipinski definition) is 8. The SMILES string of the molecule is CNc1nc2ccccc2n1-c1nc(N2CCOC[C@H]2C)c2ccn(S(=O)(=O)c3ccccc3)c2n1. The molecule has 0 amide bonds. The van der Waals surface area contributed by atoms with Gasteiger partial charge in [-0.3, -0.25) is 0 Å². The largest absolute Gasteiger partial charge is 0.377 e. The van der Waals surface area contributed by atoms with E-state index in [-0.39, 0.29) is 10.9 Å². The van der Waals surface area contributed by atoms with Gasteiger partial charge in [-0.25, -0.2) is 21.9 Å². The second-order valence-electron chi connectivity index (χ2n) is 8.64. The summed E-state index contributed by atoms with van der Waals surface area (Å²) in [4.78, 5) is 16.8. The molecular formula is C25H25N7O3S. The zero-order valence-electron chi connectivity index (χ0n) is 19.9. The molecule has 1 aliphatic heterocycles. The smallest absolute Gasteiger partial charge is 0.269 e. The molecule has 36 heavy (non-hydrogen) atoms. The number of fused-ring (bicyclic) bond motifs is 2. The molecule has 0 spiro atoms. The Morgan fingerprint density at radius 1 is 1.00 bits per heavy atom. The van der Waals surface area contributed by atoms with Crippen molar-refractivity contribution in [2.75, 3.05) is 37.0 Å². The fraction of sp³-hybridized carbons (Fsp3) is 0.240. The van der Waals surface area contributed by atoms with Crippen LogP contribution in [-0.2, 0) is 14.8 Å². The number of ether oxygens (including phenoxy) is 1. The molecule has 1 aliphatic rings. The fourth-order valence-corrected chi connectivity index (χ4v) is 5.94. The van der Waals surface area contributed by atoms with Gasteiger partial charge in [0, 0.05) is 19.8 Å². The summed E-state index contributed by atoms with van der Waals surface area (Å²) in [5.41, 5.74) is 1.89. The third-order valence-corrected chi connectivity index (χ3v) is 8.08. The Kier molecular flexibility index (Phi) is 5.38. The van der Waals surface area contributed by atoms with E-state index in [1.54, 1.807) is 49.6 Å². The maximum absolute atomic E-state index is 13.6. The van der Waals surface area contributed by atoms with Crippen molar-refractivity contribution in [2.24, 2.45) is 0 Å². The van der Waals surface area contributed by atoms with Gasteiger partial charge in [0.2, 0.25) is 11.9 Å². The number of hydrogen-bond donors (Lipinski definition) is 1. The lowest BCUT2D eigenvalue weighted by Gasteiger charge is -2.34. The fourth-order valence-electron chi connectivity index (χ4n) is 4.62. The van der Waals surface area contributed by atoms with Gasteiger partial charge in [0.05, 0.1) is 40.6 Å². The van der Waals surface area contributed by atoms with Gasteiger partial charge < -0.3 is 15.0 Å². The molecule has 4 heterocycles. The first-order valence-electron chi connectivity index (χ1n) is 11.7. The van der Waals surface area contributed by atoms with Crippen LogP contribution < -0.4 is 10.2 Å². The van der Waals surface area contributed by atoms with Crippen LogP contribution in [0.4, 0.5) is 11.8 Å². The quantitative estimate of drug-likeness (QED) is 0.389. The second-order valence-corrected chi connectivity index (χ2v) is 10.5. The molecule has 1 saturated heterocycles.